The molecular formula is C19H26FN5O2. The van der Waals surface area contributed by atoms with Crippen molar-refractivity contribution in [2.24, 2.45) is 5.92 Å². The van der Waals surface area contributed by atoms with Crippen LogP contribution in [-0.2, 0) is 0 Å². The molecule has 2 aliphatic rings. The summed E-state index contributed by atoms with van der Waals surface area (Å²) in [5.74, 6) is 5.73. The molecule has 0 amide bonds. The van der Waals surface area contributed by atoms with Crippen molar-refractivity contribution in [3.63, 3.8) is 0 Å². The Hall–Kier alpha value is -2.35. The number of nitrogen functional groups attached to an aromatic ring is 1. The van der Waals surface area contributed by atoms with Gasteiger partial charge in [0.15, 0.2) is 5.82 Å². The van der Waals surface area contributed by atoms with Crippen LogP contribution in [0.5, 0.6) is 0 Å². The largest absolute Gasteiger partial charge is 0.368 e. The fourth-order valence-corrected chi connectivity index (χ4v) is 4.39. The van der Waals surface area contributed by atoms with Crippen LogP contribution >= 0.6 is 0 Å². The molecule has 0 aromatic carbocycles. The summed E-state index contributed by atoms with van der Waals surface area (Å²) in [6.45, 7) is 5.43. The molecule has 2 fully saturated rings. The minimum absolute atomic E-state index is 0.0931. The lowest BCUT2D eigenvalue weighted by molar-refractivity contribution is 0.428. The van der Waals surface area contributed by atoms with E-state index in [2.05, 4.69) is 12.2 Å². The first-order valence-electron chi connectivity index (χ1n) is 9.52. The predicted octanol–water partition coefficient (Wildman–Crippen LogP) is 0.934. The Morgan fingerprint density at radius 2 is 2.00 bits per heavy atom. The van der Waals surface area contributed by atoms with Gasteiger partial charge in [0.05, 0.1) is 17.4 Å². The van der Waals surface area contributed by atoms with Crippen molar-refractivity contribution in [1.82, 2.24) is 14.4 Å². The summed E-state index contributed by atoms with van der Waals surface area (Å²) >= 11 is 0. The molecule has 27 heavy (non-hydrogen) atoms. The van der Waals surface area contributed by atoms with E-state index >= 15 is 4.39 Å². The Kier molecular flexibility index (Phi) is 4.25. The number of hydrogen-bond donors (Lipinski definition) is 2. The number of nitrogens with two attached hydrogens (primary N) is 1. The average Bonchev–Trinajstić information content (AvgIpc) is 3.37. The molecule has 7 nitrogen and oxygen atoms in total. The van der Waals surface area contributed by atoms with Crippen LogP contribution in [0.25, 0.3) is 5.52 Å². The molecule has 146 valence electrons. The summed E-state index contributed by atoms with van der Waals surface area (Å²) < 4.78 is 16.9. The SMILES string of the molecule is CN[C@@H](C)C1CCN(c2c(F)cn3c(=O)n(N)c(=O)c(C4CC4)c3c2C)C1. The van der Waals surface area contributed by atoms with E-state index in [1.54, 1.807) is 6.92 Å². The molecule has 0 radical (unpaired) electrons. The predicted molar refractivity (Wildman–Crippen MR) is 104 cm³/mol. The Morgan fingerprint density at radius 1 is 1.30 bits per heavy atom. The fraction of sp³-hybridized carbons (Fsp3) is 0.579. The van der Waals surface area contributed by atoms with E-state index in [0.717, 1.165) is 32.4 Å². The zero-order chi connectivity index (χ0) is 19.5. The molecule has 3 heterocycles. The van der Waals surface area contributed by atoms with Crippen molar-refractivity contribution in [3.8, 4) is 0 Å². The first kappa shape index (κ1) is 18.0. The number of anilines is 1. The molecule has 1 saturated heterocycles. The molecule has 3 N–H and O–H groups in total. The van der Waals surface area contributed by atoms with E-state index < -0.39 is 17.1 Å². The highest BCUT2D eigenvalue weighted by atomic mass is 19.1. The number of nitrogens with one attached hydrogen (secondary N) is 1. The van der Waals surface area contributed by atoms with Crippen LogP contribution in [0.15, 0.2) is 15.8 Å². The maximum atomic E-state index is 15.1. The van der Waals surface area contributed by atoms with Crippen LogP contribution < -0.4 is 27.3 Å². The molecule has 2 aromatic heterocycles. The third-order valence-corrected chi connectivity index (χ3v) is 6.23. The van der Waals surface area contributed by atoms with Gasteiger partial charge in [-0.15, -0.1) is 0 Å². The number of nitrogens with zero attached hydrogens (tertiary/aromatic N) is 3. The molecule has 1 aliphatic carbocycles. The second-order valence-electron chi connectivity index (χ2n) is 7.89. The number of pyridine rings is 1. The lowest BCUT2D eigenvalue weighted by Crippen LogP contribution is -2.44. The summed E-state index contributed by atoms with van der Waals surface area (Å²) in [5, 5.41) is 3.27. The molecule has 2 aromatic rings. The minimum Gasteiger partial charge on any atom is -0.368 e. The van der Waals surface area contributed by atoms with Crippen molar-refractivity contribution < 1.29 is 4.39 Å². The summed E-state index contributed by atoms with van der Waals surface area (Å²) in [4.78, 5) is 27.2. The van der Waals surface area contributed by atoms with Crippen molar-refractivity contribution in [2.45, 2.75) is 45.1 Å². The molecule has 2 atom stereocenters. The fourth-order valence-electron chi connectivity index (χ4n) is 4.39. The first-order valence-corrected chi connectivity index (χ1v) is 9.52. The highest BCUT2D eigenvalue weighted by Gasteiger charge is 2.34. The van der Waals surface area contributed by atoms with Gasteiger partial charge in [0.1, 0.15) is 0 Å². The number of aryl methyl sites for hydroxylation is 1. The Labute approximate surface area is 156 Å². The summed E-state index contributed by atoms with van der Waals surface area (Å²) in [6, 6.07) is 0.341. The Bertz CT molecular complexity index is 1020. The monoisotopic (exact) mass is 375 g/mol. The maximum absolute atomic E-state index is 15.1. The number of fused-ring (bicyclic) bond motifs is 1. The van der Waals surface area contributed by atoms with Gasteiger partial charge >= 0.3 is 5.69 Å². The number of halogens is 1. The molecule has 1 saturated carbocycles. The number of hydrogen-bond acceptors (Lipinski definition) is 5. The van der Waals surface area contributed by atoms with Gasteiger partial charge < -0.3 is 16.1 Å². The van der Waals surface area contributed by atoms with Crippen LogP contribution in [0, 0.1) is 18.7 Å². The third kappa shape index (κ3) is 2.74. The molecule has 0 bridgehead atoms. The third-order valence-electron chi connectivity index (χ3n) is 6.23. The molecule has 1 unspecified atom stereocenters. The van der Waals surface area contributed by atoms with Gasteiger partial charge in [0, 0.05) is 30.3 Å². The minimum atomic E-state index is -0.712. The van der Waals surface area contributed by atoms with Crippen molar-refractivity contribution in [3.05, 3.63) is 44.0 Å². The summed E-state index contributed by atoms with van der Waals surface area (Å²) in [7, 11) is 1.93. The quantitative estimate of drug-likeness (QED) is 0.777. The van der Waals surface area contributed by atoms with Gasteiger partial charge in [0.2, 0.25) is 0 Å². The maximum Gasteiger partial charge on any atom is 0.354 e. The Morgan fingerprint density at radius 3 is 2.63 bits per heavy atom. The second-order valence-corrected chi connectivity index (χ2v) is 7.89. The van der Waals surface area contributed by atoms with E-state index in [1.165, 1.54) is 10.6 Å². The second kappa shape index (κ2) is 6.37. The van der Waals surface area contributed by atoms with Crippen molar-refractivity contribution in [2.75, 3.05) is 30.9 Å². The molecule has 4 rings (SSSR count). The van der Waals surface area contributed by atoms with Gasteiger partial charge in [-0.05, 0) is 52.0 Å². The van der Waals surface area contributed by atoms with E-state index in [9.17, 15) is 9.59 Å². The Balaban J connectivity index is 1.91. The first-order chi connectivity index (χ1) is 12.8. The molecule has 8 heteroatoms. The van der Waals surface area contributed by atoms with Gasteiger partial charge in [-0.25, -0.2) is 9.18 Å². The van der Waals surface area contributed by atoms with E-state index in [-0.39, 0.29) is 5.92 Å². The van der Waals surface area contributed by atoms with Crippen LogP contribution in [0.4, 0.5) is 10.1 Å². The summed E-state index contributed by atoms with van der Waals surface area (Å²) in [5.41, 5.74) is 1.02. The van der Waals surface area contributed by atoms with Crippen LogP contribution in [0.3, 0.4) is 0 Å². The normalized spacial score (nSPS) is 21.2. The number of rotatable bonds is 4. The van der Waals surface area contributed by atoms with Crippen LogP contribution in [-0.4, -0.2) is 35.3 Å². The lowest BCUT2D eigenvalue weighted by Gasteiger charge is -2.25. The van der Waals surface area contributed by atoms with E-state index in [4.69, 9.17) is 5.84 Å². The van der Waals surface area contributed by atoms with Crippen LogP contribution in [0.2, 0.25) is 0 Å². The van der Waals surface area contributed by atoms with E-state index in [0.29, 0.717) is 39.0 Å². The van der Waals surface area contributed by atoms with Crippen molar-refractivity contribution in [1.29, 1.82) is 0 Å². The molecule has 1 aliphatic heterocycles. The van der Waals surface area contributed by atoms with Gasteiger partial charge in [-0.2, -0.15) is 4.68 Å². The van der Waals surface area contributed by atoms with Gasteiger partial charge in [0.25, 0.3) is 5.56 Å². The molecule has 0 spiro atoms. The molecular weight excluding hydrogens is 349 g/mol. The smallest absolute Gasteiger partial charge is 0.354 e. The topological polar surface area (TPSA) is 84.8 Å². The standard InChI is InChI=1S/C19H26FN5O2/c1-10-16(23-7-6-13(8-23)11(2)22-3)14(20)9-24-17(10)15(12-4-5-12)18(26)25(21)19(24)27/h9,11-13,22H,4-8,21H2,1-3H3/t11-,13?/m0/s1. The summed E-state index contributed by atoms with van der Waals surface area (Å²) in [6.07, 6.45) is 3.93. The van der Waals surface area contributed by atoms with Gasteiger partial charge in [-0.3, -0.25) is 9.20 Å². The highest BCUT2D eigenvalue weighted by molar-refractivity contribution is 5.72. The van der Waals surface area contributed by atoms with Crippen LogP contribution in [0.1, 0.15) is 43.2 Å². The average molecular weight is 375 g/mol. The van der Waals surface area contributed by atoms with Gasteiger partial charge in [-0.1, -0.05) is 0 Å². The zero-order valence-corrected chi connectivity index (χ0v) is 16.0. The lowest BCUT2D eigenvalue weighted by atomic mass is 10.0. The van der Waals surface area contributed by atoms with E-state index in [1.807, 2.05) is 11.9 Å². The zero-order valence-electron chi connectivity index (χ0n) is 16.0. The number of aromatic nitrogens is 2. The highest BCUT2D eigenvalue weighted by Crippen LogP contribution is 2.42. The van der Waals surface area contributed by atoms with Crippen molar-refractivity contribution >= 4 is 11.2 Å².